The number of nitrogens with one attached hydrogen (secondary N) is 1. The quantitative estimate of drug-likeness (QED) is 0.767. The molecular formula is C13H16N2O4S. The Morgan fingerprint density at radius 3 is 2.50 bits per heavy atom. The third kappa shape index (κ3) is 4.33. The Kier molecular flexibility index (Phi) is 5.67. The van der Waals surface area contributed by atoms with Crippen molar-refractivity contribution in [2.75, 3.05) is 19.4 Å². The standard InChI is InChI=1S/C13H16N2O4S/c1-10(13(16)19-2)15-7-8-20(17,18)12-5-3-11(9-14)4-6-12/h3-6,10,15H,7-8H2,1-2H3. The molecule has 0 aliphatic rings. The molecule has 1 N–H and O–H groups in total. The van der Waals surface area contributed by atoms with Crippen LogP contribution in [0.4, 0.5) is 0 Å². The topological polar surface area (TPSA) is 96.3 Å². The molecule has 0 aromatic heterocycles. The number of carbonyl (C=O) groups excluding carboxylic acids is 1. The molecule has 0 bridgehead atoms. The van der Waals surface area contributed by atoms with E-state index in [0.29, 0.717) is 5.56 Å². The van der Waals surface area contributed by atoms with E-state index in [9.17, 15) is 13.2 Å². The number of esters is 1. The molecule has 0 saturated carbocycles. The molecule has 0 radical (unpaired) electrons. The van der Waals surface area contributed by atoms with Crippen LogP contribution >= 0.6 is 0 Å². The summed E-state index contributed by atoms with van der Waals surface area (Å²) in [5, 5.41) is 11.4. The summed E-state index contributed by atoms with van der Waals surface area (Å²) in [6.45, 7) is 1.73. The first-order valence-corrected chi connectivity index (χ1v) is 7.60. The van der Waals surface area contributed by atoms with Gasteiger partial charge in [-0.05, 0) is 31.2 Å². The summed E-state index contributed by atoms with van der Waals surface area (Å²) >= 11 is 0. The molecule has 0 fully saturated rings. The van der Waals surface area contributed by atoms with Crippen LogP contribution in [-0.4, -0.2) is 39.8 Å². The van der Waals surface area contributed by atoms with Gasteiger partial charge in [-0.25, -0.2) is 8.42 Å². The van der Waals surface area contributed by atoms with Crippen LogP contribution < -0.4 is 5.32 Å². The van der Waals surface area contributed by atoms with E-state index in [1.807, 2.05) is 6.07 Å². The van der Waals surface area contributed by atoms with Gasteiger partial charge < -0.3 is 10.1 Å². The zero-order valence-electron chi connectivity index (χ0n) is 11.3. The van der Waals surface area contributed by atoms with E-state index in [1.165, 1.54) is 31.4 Å². The summed E-state index contributed by atoms with van der Waals surface area (Å²) in [6, 6.07) is 7.08. The maximum Gasteiger partial charge on any atom is 0.322 e. The predicted molar refractivity (Wildman–Crippen MR) is 72.7 cm³/mol. The lowest BCUT2D eigenvalue weighted by Crippen LogP contribution is -2.37. The molecule has 1 aromatic carbocycles. The molecule has 1 unspecified atom stereocenters. The highest BCUT2D eigenvalue weighted by atomic mass is 32.2. The monoisotopic (exact) mass is 296 g/mol. The van der Waals surface area contributed by atoms with Crippen molar-refractivity contribution in [3.05, 3.63) is 29.8 Å². The highest BCUT2D eigenvalue weighted by Gasteiger charge is 2.17. The number of benzene rings is 1. The molecule has 7 heteroatoms. The van der Waals surface area contributed by atoms with Crippen molar-refractivity contribution < 1.29 is 17.9 Å². The van der Waals surface area contributed by atoms with E-state index in [0.717, 1.165) is 0 Å². The molecule has 1 atom stereocenters. The fourth-order valence-corrected chi connectivity index (χ4v) is 2.70. The molecule has 0 aliphatic carbocycles. The molecule has 0 spiro atoms. The van der Waals surface area contributed by atoms with Gasteiger partial charge in [0.1, 0.15) is 6.04 Å². The SMILES string of the molecule is COC(=O)C(C)NCCS(=O)(=O)c1ccc(C#N)cc1. The summed E-state index contributed by atoms with van der Waals surface area (Å²) in [4.78, 5) is 11.3. The van der Waals surface area contributed by atoms with E-state index in [2.05, 4.69) is 10.1 Å². The highest BCUT2D eigenvalue weighted by molar-refractivity contribution is 7.91. The van der Waals surface area contributed by atoms with Gasteiger partial charge in [-0.3, -0.25) is 4.79 Å². The fraction of sp³-hybridized carbons (Fsp3) is 0.385. The van der Waals surface area contributed by atoms with Gasteiger partial charge in [0.15, 0.2) is 9.84 Å². The summed E-state index contributed by atoms with van der Waals surface area (Å²) in [7, 11) is -2.17. The van der Waals surface area contributed by atoms with E-state index < -0.39 is 21.8 Å². The average Bonchev–Trinajstić information content (AvgIpc) is 2.46. The van der Waals surface area contributed by atoms with Crippen LogP contribution in [0.3, 0.4) is 0 Å². The Morgan fingerprint density at radius 2 is 2.00 bits per heavy atom. The number of methoxy groups -OCH3 is 1. The zero-order chi connectivity index (χ0) is 15.2. The lowest BCUT2D eigenvalue weighted by Gasteiger charge is -2.11. The number of rotatable bonds is 6. The largest absolute Gasteiger partial charge is 0.468 e. The lowest BCUT2D eigenvalue weighted by molar-refractivity contribution is -0.142. The Morgan fingerprint density at radius 1 is 1.40 bits per heavy atom. The van der Waals surface area contributed by atoms with Crippen LogP contribution in [0.25, 0.3) is 0 Å². The third-order valence-electron chi connectivity index (χ3n) is 2.72. The summed E-state index contributed by atoms with van der Waals surface area (Å²) in [5.41, 5.74) is 0.404. The van der Waals surface area contributed by atoms with Crippen molar-refractivity contribution >= 4 is 15.8 Å². The van der Waals surface area contributed by atoms with Crippen LogP contribution in [-0.2, 0) is 19.4 Å². The number of carbonyl (C=O) groups is 1. The van der Waals surface area contributed by atoms with Crippen molar-refractivity contribution in [2.45, 2.75) is 17.9 Å². The fourth-order valence-electron chi connectivity index (χ4n) is 1.52. The second-order valence-corrected chi connectivity index (χ2v) is 6.26. The van der Waals surface area contributed by atoms with E-state index in [1.54, 1.807) is 6.92 Å². The van der Waals surface area contributed by atoms with Gasteiger partial charge in [0, 0.05) is 6.54 Å². The zero-order valence-corrected chi connectivity index (χ0v) is 12.1. The predicted octanol–water partition coefficient (Wildman–Crippen LogP) is 0.483. The summed E-state index contributed by atoms with van der Waals surface area (Å²) in [5.74, 6) is -0.582. The van der Waals surface area contributed by atoms with E-state index in [-0.39, 0.29) is 17.2 Å². The number of nitrogens with zero attached hydrogens (tertiary/aromatic N) is 1. The molecule has 1 rings (SSSR count). The first-order chi connectivity index (χ1) is 9.40. The molecule has 0 saturated heterocycles. The highest BCUT2D eigenvalue weighted by Crippen LogP contribution is 2.11. The molecule has 0 aliphatic heterocycles. The van der Waals surface area contributed by atoms with Crippen LogP contribution in [0.1, 0.15) is 12.5 Å². The third-order valence-corrected chi connectivity index (χ3v) is 4.45. The Labute approximate surface area is 118 Å². The number of ether oxygens (including phenoxy) is 1. The van der Waals surface area contributed by atoms with Crippen LogP contribution in [0.15, 0.2) is 29.2 Å². The minimum Gasteiger partial charge on any atom is -0.468 e. The van der Waals surface area contributed by atoms with Gasteiger partial charge in [0.25, 0.3) is 0 Å². The van der Waals surface area contributed by atoms with E-state index >= 15 is 0 Å². The smallest absolute Gasteiger partial charge is 0.322 e. The van der Waals surface area contributed by atoms with Gasteiger partial charge in [0.2, 0.25) is 0 Å². The molecule has 1 aromatic rings. The molecule has 6 nitrogen and oxygen atoms in total. The van der Waals surface area contributed by atoms with Gasteiger partial charge in [-0.1, -0.05) is 0 Å². The van der Waals surface area contributed by atoms with Gasteiger partial charge in [-0.2, -0.15) is 5.26 Å². The summed E-state index contributed by atoms with van der Waals surface area (Å²) in [6.07, 6.45) is 0. The normalized spacial score (nSPS) is 12.4. The number of hydrogen-bond donors (Lipinski definition) is 1. The Hall–Kier alpha value is -1.91. The second kappa shape index (κ2) is 7.03. The lowest BCUT2D eigenvalue weighted by atomic mass is 10.2. The van der Waals surface area contributed by atoms with Crippen molar-refractivity contribution in [1.82, 2.24) is 5.32 Å². The maximum absolute atomic E-state index is 12.0. The van der Waals surface area contributed by atoms with E-state index in [4.69, 9.17) is 5.26 Å². The molecular weight excluding hydrogens is 280 g/mol. The van der Waals surface area contributed by atoms with Crippen LogP contribution in [0.2, 0.25) is 0 Å². The van der Waals surface area contributed by atoms with Crippen LogP contribution in [0.5, 0.6) is 0 Å². The number of nitriles is 1. The maximum atomic E-state index is 12.0. The second-order valence-electron chi connectivity index (χ2n) is 4.15. The first-order valence-electron chi connectivity index (χ1n) is 5.95. The Balaban J connectivity index is 2.62. The van der Waals surface area contributed by atoms with Crippen molar-refractivity contribution in [1.29, 1.82) is 5.26 Å². The van der Waals surface area contributed by atoms with Crippen molar-refractivity contribution in [2.24, 2.45) is 0 Å². The van der Waals surface area contributed by atoms with Gasteiger partial charge in [0.05, 0.1) is 29.4 Å². The Bertz CT molecular complexity index is 602. The van der Waals surface area contributed by atoms with Crippen molar-refractivity contribution in [3.8, 4) is 6.07 Å². The summed E-state index contributed by atoms with van der Waals surface area (Å²) < 4.78 is 28.6. The molecule has 108 valence electrons. The van der Waals surface area contributed by atoms with Crippen LogP contribution in [0, 0.1) is 11.3 Å². The van der Waals surface area contributed by atoms with Crippen molar-refractivity contribution in [3.63, 3.8) is 0 Å². The molecule has 20 heavy (non-hydrogen) atoms. The minimum atomic E-state index is -3.44. The van der Waals surface area contributed by atoms with Gasteiger partial charge >= 0.3 is 5.97 Å². The minimum absolute atomic E-state index is 0.138. The number of hydrogen-bond acceptors (Lipinski definition) is 6. The average molecular weight is 296 g/mol. The number of sulfone groups is 1. The molecule has 0 amide bonds. The molecule has 0 heterocycles. The van der Waals surface area contributed by atoms with Gasteiger partial charge in [-0.15, -0.1) is 0 Å². The first kappa shape index (κ1) is 16.1.